The predicted molar refractivity (Wildman–Crippen MR) is 123 cm³/mol. The van der Waals surface area contributed by atoms with Gasteiger partial charge < -0.3 is 24.4 Å². The maximum absolute atomic E-state index is 13.3. The number of likely N-dealkylation sites (tertiary alicyclic amines) is 1. The molecule has 2 aromatic carbocycles. The fraction of sp³-hybridized carbons (Fsp3) is 0.440. The molecule has 1 saturated heterocycles. The number of para-hydroxylation sites is 1. The Morgan fingerprint density at radius 2 is 1.78 bits per heavy atom. The number of hydrogen-bond donors (Lipinski definition) is 1. The predicted octanol–water partition coefficient (Wildman–Crippen LogP) is 3.34. The van der Waals surface area contributed by atoms with Gasteiger partial charge in [-0.25, -0.2) is 0 Å². The van der Waals surface area contributed by atoms with Crippen molar-refractivity contribution in [3.63, 3.8) is 0 Å². The highest BCUT2D eigenvalue weighted by Crippen LogP contribution is 2.42. The molecule has 32 heavy (non-hydrogen) atoms. The van der Waals surface area contributed by atoms with Crippen LogP contribution in [0.4, 0.5) is 0 Å². The highest BCUT2D eigenvalue weighted by Gasteiger charge is 2.42. The molecule has 1 aliphatic heterocycles. The molecule has 2 atom stereocenters. The zero-order valence-electron chi connectivity index (χ0n) is 19.4. The molecule has 1 aliphatic rings. The van der Waals surface area contributed by atoms with Crippen LogP contribution in [0.5, 0.6) is 17.2 Å². The van der Waals surface area contributed by atoms with Crippen molar-refractivity contribution in [2.75, 3.05) is 41.0 Å². The molecule has 3 rings (SSSR count). The Labute approximate surface area is 189 Å². The Balaban J connectivity index is 1.94. The molecule has 0 bridgehead atoms. The lowest BCUT2D eigenvalue weighted by atomic mass is 9.87. The lowest BCUT2D eigenvalue weighted by molar-refractivity contribution is -0.125. The van der Waals surface area contributed by atoms with Crippen molar-refractivity contribution >= 4 is 11.8 Å². The van der Waals surface area contributed by atoms with Crippen molar-refractivity contribution in [2.45, 2.75) is 19.8 Å². The Bertz CT molecular complexity index is 959. The second kappa shape index (κ2) is 10.4. The highest BCUT2D eigenvalue weighted by molar-refractivity contribution is 5.95. The average molecular weight is 441 g/mol. The second-order valence-corrected chi connectivity index (χ2v) is 8.38. The number of nitrogens with zero attached hydrogens (tertiary/aromatic N) is 1. The second-order valence-electron chi connectivity index (χ2n) is 8.38. The molecule has 0 aromatic heterocycles. The maximum atomic E-state index is 13.3. The molecule has 0 aliphatic carbocycles. The van der Waals surface area contributed by atoms with Gasteiger partial charge in [0.1, 0.15) is 5.75 Å². The van der Waals surface area contributed by atoms with Gasteiger partial charge in [-0.15, -0.1) is 0 Å². The summed E-state index contributed by atoms with van der Waals surface area (Å²) in [5.41, 5.74) is 1.39. The smallest absolute Gasteiger partial charge is 0.254 e. The van der Waals surface area contributed by atoms with Crippen LogP contribution in [0, 0.1) is 11.8 Å². The number of rotatable bonds is 8. The largest absolute Gasteiger partial charge is 0.497 e. The summed E-state index contributed by atoms with van der Waals surface area (Å²) in [6, 6.07) is 12.7. The summed E-state index contributed by atoms with van der Waals surface area (Å²) in [5, 5.41) is 3.04. The Morgan fingerprint density at radius 3 is 2.44 bits per heavy atom. The van der Waals surface area contributed by atoms with Gasteiger partial charge in [0.05, 0.1) is 27.2 Å². The van der Waals surface area contributed by atoms with Crippen LogP contribution >= 0.6 is 0 Å². The van der Waals surface area contributed by atoms with Crippen LogP contribution in [0.1, 0.15) is 35.7 Å². The third-order valence-corrected chi connectivity index (χ3v) is 5.78. The molecule has 2 aromatic rings. The minimum atomic E-state index is -0.399. The Kier molecular flexibility index (Phi) is 7.62. The Morgan fingerprint density at radius 1 is 1.03 bits per heavy atom. The van der Waals surface area contributed by atoms with E-state index in [4.69, 9.17) is 14.2 Å². The first kappa shape index (κ1) is 23.4. The standard InChI is InChI=1S/C25H32N2O5/c1-16(2)13-26-24(28)21-15-27(25(29)17-8-6-9-18(12-17)30-3)14-20(21)19-10-7-11-22(31-4)23(19)32-5/h6-12,16,20-21H,13-15H2,1-5H3,(H,26,28)/t20-,21-/m1/s1. The molecule has 7 nitrogen and oxygen atoms in total. The quantitative estimate of drug-likeness (QED) is 0.681. The SMILES string of the molecule is COc1cccc(C(=O)N2C[C@H](c3cccc(OC)c3OC)[C@H](C(=O)NCC(C)C)C2)c1. The first-order valence-corrected chi connectivity index (χ1v) is 10.8. The van der Waals surface area contributed by atoms with Crippen molar-refractivity contribution < 1.29 is 23.8 Å². The highest BCUT2D eigenvalue weighted by atomic mass is 16.5. The molecule has 7 heteroatoms. The molecule has 0 saturated carbocycles. The molecule has 2 amide bonds. The summed E-state index contributed by atoms with van der Waals surface area (Å²) in [6.07, 6.45) is 0. The summed E-state index contributed by atoms with van der Waals surface area (Å²) in [4.78, 5) is 28.2. The van der Waals surface area contributed by atoms with Gasteiger partial charge in [0.25, 0.3) is 5.91 Å². The van der Waals surface area contributed by atoms with Crippen LogP contribution in [0.25, 0.3) is 0 Å². The number of carbonyl (C=O) groups is 2. The molecule has 1 fully saturated rings. The number of methoxy groups -OCH3 is 3. The fourth-order valence-electron chi connectivity index (χ4n) is 4.13. The van der Waals surface area contributed by atoms with Gasteiger partial charge in [0.2, 0.25) is 5.91 Å². The van der Waals surface area contributed by atoms with E-state index in [9.17, 15) is 9.59 Å². The van der Waals surface area contributed by atoms with E-state index in [-0.39, 0.29) is 17.7 Å². The number of nitrogens with one attached hydrogen (secondary N) is 1. The lowest BCUT2D eigenvalue weighted by Crippen LogP contribution is -2.37. The Hall–Kier alpha value is -3.22. The van der Waals surface area contributed by atoms with E-state index < -0.39 is 5.92 Å². The van der Waals surface area contributed by atoms with Crippen LogP contribution in [-0.2, 0) is 4.79 Å². The summed E-state index contributed by atoms with van der Waals surface area (Å²) >= 11 is 0. The van der Waals surface area contributed by atoms with E-state index in [0.717, 1.165) is 5.56 Å². The topological polar surface area (TPSA) is 77.1 Å². The van der Waals surface area contributed by atoms with Crippen LogP contribution in [-0.4, -0.2) is 57.7 Å². The molecule has 0 spiro atoms. The third kappa shape index (κ3) is 4.98. The normalized spacial score (nSPS) is 17.9. The molecule has 0 radical (unpaired) electrons. The third-order valence-electron chi connectivity index (χ3n) is 5.78. The van der Waals surface area contributed by atoms with Crippen molar-refractivity contribution in [3.05, 3.63) is 53.6 Å². The number of ether oxygens (including phenoxy) is 3. The summed E-state index contributed by atoms with van der Waals surface area (Å²) in [7, 11) is 4.74. The van der Waals surface area contributed by atoms with Crippen LogP contribution in [0.3, 0.4) is 0 Å². The maximum Gasteiger partial charge on any atom is 0.254 e. The average Bonchev–Trinajstić information content (AvgIpc) is 3.26. The van der Waals surface area contributed by atoms with Gasteiger partial charge in [-0.1, -0.05) is 32.0 Å². The number of benzene rings is 2. The van der Waals surface area contributed by atoms with E-state index in [0.29, 0.717) is 48.4 Å². The van der Waals surface area contributed by atoms with Crippen molar-refractivity contribution in [3.8, 4) is 17.2 Å². The zero-order valence-corrected chi connectivity index (χ0v) is 19.4. The van der Waals surface area contributed by atoms with Gasteiger partial charge in [0.15, 0.2) is 11.5 Å². The van der Waals surface area contributed by atoms with Crippen LogP contribution < -0.4 is 19.5 Å². The van der Waals surface area contributed by atoms with Crippen molar-refractivity contribution in [2.24, 2.45) is 11.8 Å². The number of carbonyl (C=O) groups excluding carboxylic acids is 2. The van der Waals surface area contributed by atoms with Crippen molar-refractivity contribution in [1.29, 1.82) is 0 Å². The summed E-state index contributed by atoms with van der Waals surface area (Å²) in [6.45, 7) is 5.41. The van der Waals surface area contributed by atoms with Gasteiger partial charge in [-0.2, -0.15) is 0 Å². The van der Waals surface area contributed by atoms with E-state index in [1.54, 1.807) is 50.5 Å². The zero-order chi connectivity index (χ0) is 23.3. The van der Waals surface area contributed by atoms with Gasteiger partial charge in [-0.05, 0) is 30.2 Å². The fourth-order valence-corrected chi connectivity index (χ4v) is 4.13. The monoisotopic (exact) mass is 440 g/mol. The molecule has 0 unspecified atom stereocenters. The minimum Gasteiger partial charge on any atom is -0.497 e. The summed E-state index contributed by atoms with van der Waals surface area (Å²) < 4.78 is 16.4. The number of hydrogen-bond acceptors (Lipinski definition) is 5. The number of amides is 2. The first-order chi connectivity index (χ1) is 15.4. The summed E-state index contributed by atoms with van der Waals surface area (Å²) in [5.74, 6) is 1.34. The minimum absolute atomic E-state index is 0.0606. The van der Waals surface area contributed by atoms with E-state index >= 15 is 0 Å². The van der Waals surface area contributed by atoms with E-state index in [1.807, 2.05) is 18.2 Å². The first-order valence-electron chi connectivity index (χ1n) is 10.8. The molecular formula is C25H32N2O5. The van der Waals surface area contributed by atoms with Crippen LogP contribution in [0.2, 0.25) is 0 Å². The van der Waals surface area contributed by atoms with E-state index in [1.165, 1.54) is 0 Å². The molecule has 1 N–H and O–H groups in total. The van der Waals surface area contributed by atoms with Gasteiger partial charge in [0, 0.05) is 36.7 Å². The molecule has 1 heterocycles. The lowest BCUT2D eigenvalue weighted by Gasteiger charge is -2.22. The van der Waals surface area contributed by atoms with Gasteiger partial charge >= 0.3 is 0 Å². The molecular weight excluding hydrogens is 408 g/mol. The van der Waals surface area contributed by atoms with Gasteiger partial charge in [-0.3, -0.25) is 9.59 Å². The molecule has 172 valence electrons. The van der Waals surface area contributed by atoms with E-state index in [2.05, 4.69) is 19.2 Å². The van der Waals surface area contributed by atoms with Crippen molar-refractivity contribution in [1.82, 2.24) is 10.2 Å². The van der Waals surface area contributed by atoms with Crippen LogP contribution in [0.15, 0.2) is 42.5 Å².